The fourth-order valence-corrected chi connectivity index (χ4v) is 1.69. The molecule has 17 heavy (non-hydrogen) atoms. The summed E-state index contributed by atoms with van der Waals surface area (Å²) >= 11 is 5.58. The first-order valence-electron chi connectivity index (χ1n) is 5.94. The highest BCUT2D eigenvalue weighted by molar-refractivity contribution is 6.30. The van der Waals surface area contributed by atoms with E-state index in [0.717, 1.165) is 19.4 Å². The third-order valence-electron chi connectivity index (χ3n) is 2.48. The third kappa shape index (κ3) is 5.37. The molecule has 4 heteroatoms. The summed E-state index contributed by atoms with van der Waals surface area (Å²) in [6.45, 7) is 5.58. The topological polar surface area (TPSA) is 21.3 Å². The van der Waals surface area contributed by atoms with Crippen LogP contribution in [0.3, 0.4) is 0 Å². The average molecular weight is 260 g/mol. The molecule has 1 aromatic rings. The molecule has 0 saturated heterocycles. The van der Waals surface area contributed by atoms with E-state index >= 15 is 0 Å². The molecule has 0 aliphatic heterocycles. The van der Waals surface area contributed by atoms with Gasteiger partial charge in [-0.25, -0.2) is 4.39 Å². The lowest BCUT2D eigenvalue weighted by Gasteiger charge is -2.13. The predicted molar refractivity (Wildman–Crippen MR) is 69.3 cm³/mol. The molecular weight excluding hydrogens is 241 g/mol. The molecule has 0 aliphatic carbocycles. The molecule has 1 aromatic carbocycles. The van der Waals surface area contributed by atoms with E-state index in [4.69, 9.17) is 16.3 Å². The van der Waals surface area contributed by atoms with E-state index in [-0.39, 0.29) is 5.02 Å². The molecule has 1 rings (SSSR count). The van der Waals surface area contributed by atoms with Gasteiger partial charge in [-0.1, -0.05) is 24.9 Å². The Hall–Kier alpha value is -0.800. The van der Waals surface area contributed by atoms with Crippen LogP contribution in [0.2, 0.25) is 5.02 Å². The van der Waals surface area contributed by atoms with Crippen LogP contribution in [-0.2, 0) is 0 Å². The number of halogens is 2. The molecule has 0 aromatic heterocycles. The summed E-state index contributed by atoms with van der Waals surface area (Å²) in [5.41, 5.74) is 0. The van der Waals surface area contributed by atoms with Crippen LogP contribution in [0, 0.1) is 5.82 Å². The second-order valence-corrected chi connectivity index (χ2v) is 4.48. The molecule has 1 unspecified atom stereocenters. The summed E-state index contributed by atoms with van der Waals surface area (Å²) < 4.78 is 18.5. The summed E-state index contributed by atoms with van der Waals surface area (Å²) in [5.74, 6) is 0.0633. The zero-order valence-electron chi connectivity index (χ0n) is 10.3. The molecule has 0 spiro atoms. The van der Waals surface area contributed by atoms with Crippen LogP contribution in [0.1, 0.15) is 26.7 Å². The minimum Gasteiger partial charge on any atom is -0.492 e. The molecular formula is C13H19ClFNO. The highest BCUT2D eigenvalue weighted by Crippen LogP contribution is 2.20. The Bertz CT molecular complexity index is 346. The van der Waals surface area contributed by atoms with Crippen molar-refractivity contribution >= 4 is 11.6 Å². The van der Waals surface area contributed by atoms with E-state index in [1.165, 1.54) is 12.1 Å². The Morgan fingerprint density at radius 2 is 2.24 bits per heavy atom. The molecule has 1 atom stereocenters. The summed E-state index contributed by atoms with van der Waals surface area (Å²) in [5, 5.41) is 3.45. The van der Waals surface area contributed by atoms with Crippen LogP contribution in [-0.4, -0.2) is 19.2 Å². The van der Waals surface area contributed by atoms with Crippen LogP contribution in [0.15, 0.2) is 18.2 Å². The summed E-state index contributed by atoms with van der Waals surface area (Å²) in [6, 6.07) is 4.96. The van der Waals surface area contributed by atoms with Crippen molar-refractivity contribution in [3.63, 3.8) is 0 Å². The maximum Gasteiger partial charge on any atom is 0.145 e. The Labute approximate surface area is 107 Å². The van der Waals surface area contributed by atoms with Crippen molar-refractivity contribution < 1.29 is 9.13 Å². The van der Waals surface area contributed by atoms with Crippen LogP contribution >= 0.6 is 11.6 Å². The lowest BCUT2D eigenvalue weighted by atomic mass is 10.2. The first kappa shape index (κ1) is 14.3. The summed E-state index contributed by atoms with van der Waals surface area (Å²) in [7, 11) is 0. The van der Waals surface area contributed by atoms with Crippen molar-refractivity contribution in [1.82, 2.24) is 5.32 Å². The van der Waals surface area contributed by atoms with E-state index in [1.54, 1.807) is 6.07 Å². The largest absolute Gasteiger partial charge is 0.492 e. The summed E-state index contributed by atoms with van der Waals surface area (Å²) in [6.07, 6.45) is 2.31. The van der Waals surface area contributed by atoms with Gasteiger partial charge in [0.15, 0.2) is 0 Å². The molecule has 0 saturated carbocycles. The Morgan fingerprint density at radius 1 is 1.47 bits per heavy atom. The van der Waals surface area contributed by atoms with E-state index < -0.39 is 5.82 Å². The van der Waals surface area contributed by atoms with Gasteiger partial charge in [0.2, 0.25) is 0 Å². The van der Waals surface area contributed by atoms with E-state index in [0.29, 0.717) is 18.4 Å². The van der Waals surface area contributed by atoms with Crippen molar-refractivity contribution in [2.45, 2.75) is 32.7 Å². The van der Waals surface area contributed by atoms with Gasteiger partial charge in [-0.2, -0.15) is 0 Å². The zero-order chi connectivity index (χ0) is 12.7. The maximum absolute atomic E-state index is 13.1. The normalized spacial score (nSPS) is 12.5. The first-order valence-corrected chi connectivity index (χ1v) is 6.32. The van der Waals surface area contributed by atoms with Gasteiger partial charge < -0.3 is 10.1 Å². The molecule has 0 aliphatic rings. The molecule has 96 valence electrons. The lowest BCUT2D eigenvalue weighted by molar-refractivity contribution is 0.303. The SMILES string of the molecule is CCCC(C)NCCOc1ccc(Cl)c(F)c1. The number of nitrogens with one attached hydrogen (secondary N) is 1. The maximum atomic E-state index is 13.1. The van der Waals surface area contributed by atoms with Gasteiger partial charge in [0.1, 0.15) is 18.2 Å². The van der Waals surface area contributed by atoms with Gasteiger partial charge in [0.05, 0.1) is 5.02 Å². The van der Waals surface area contributed by atoms with Crippen molar-refractivity contribution in [1.29, 1.82) is 0 Å². The molecule has 0 amide bonds. The minimum absolute atomic E-state index is 0.118. The predicted octanol–water partition coefficient (Wildman–Crippen LogP) is 3.64. The Kier molecular flexibility index (Phi) is 6.30. The minimum atomic E-state index is -0.448. The van der Waals surface area contributed by atoms with Crippen LogP contribution in [0.25, 0.3) is 0 Å². The number of ether oxygens (including phenoxy) is 1. The van der Waals surface area contributed by atoms with E-state index in [9.17, 15) is 4.39 Å². The second kappa shape index (κ2) is 7.51. The fourth-order valence-electron chi connectivity index (χ4n) is 1.58. The second-order valence-electron chi connectivity index (χ2n) is 4.07. The van der Waals surface area contributed by atoms with Gasteiger partial charge in [0, 0.05) is 18.7 Å². The van der Waals surface area contributed by atoms with Gasteiger partial charge in [-0.05, 0) is 25.5 Å². The molecule has 0 heterocycles. The monoisotopic (exact) mass is 259 g/mol. The van der Waals surface area contributed by atoms with Gasteiger partial charge in [0.25, 0.3) is 0 Å². The Morgan fingerprint density at radius 3 is 2.88 bits per heavy atom. The quantitative estimate of drug-likeness (QED) is 0.755. The zero-order valence-corrected chi connectivity index (χ0v) is 11.1. The lowest BCUT2D eigenvalue weighted by Crippen LogP contribution is -2.29. The Balaban J connectivity index is 2.24. The molecule has 0 fully saturated rings. The number of hydrogen-bond acceptors (Lipinski definition) is 2. The third-order valence-corrected chi connectivity index (χ3v) is 2.78. The summed E-state index contributed by atoms with van der Waals surface area (Å²) in [4.78, 5) is 0. The van der Waals surface area contributed by atoms with Gasteiger partial charge >= 0.3 is 0 Å². The highest BCUT2D eigenvalue weighted by Gasteiger charge is 2.02. The van der Waals surface area contributed by atoms with Crippen molar-refractivity contribution in [3.05, 3.63) is 29.0 Å². The van der Waals surface area contributed by atoms with Crippen molar-refractivity contribution in [2.24, 2.45) is 0 Å². The fraction of sp³-hybridized carbons (Fsp3) is 0.538. The van der Waals surface area contributed by atoms with Gasteiger partial charge in [-0.3, -0.25) is 0 Å². The first-order chi connectivity index (χ1) is 8.13. The van der Waals surface area contributed by atoms with Crippen LogP contribution < -0.4 is 10.1 Å². The van der Waals surface area contributed by atoms with Crippen LogP contribution in [0.5, 0.6) is 5.75 Å². The molecule has 2 nitrogen and oxygen atoms in total. The number of hydrogen-bond donors (Lipinski definition) is 1. The van der Waals surface area contributed by atoms with Crippen molar-refractivity contribution in [3.8, 4) is 5.75 Å². The van der Waals surface area contributed by atoms with Gasteiger partial charge in [-0.15, -0.1) is 0 Å². The number of benzene rings is 1. The molecule has 1 N–H and O–H groups in total. The van der Waals surface area contributed by atoms with E-state index in [1.807, 2.05) is 0 Å². The van der Waals surface area contributed by atoms with E-state index in [2.05, 4.69) is 19.2 Å². The van der Waals surface area contributed by atoms with Crippen LogP contribution in [0.4, 0.5) is 4.39 Å². The number of rotatable bonds is 7. The van der Waals surface area contributed by atoms with Crippen molar-refractivity contribution in [2.75, 3.05) is 13.2 Å². The molecule has 0 bridgehead atoms. The standard InChI is InChI=1S/C13H19ClFNO/c1-3-4-10(2)16-7-8-17-11-5-6-12(14)13(15)9-11/h5-6,9-10,16H,3-4,7-8H2,1-2H3. The highest BCUT2D eigenvalue weighted by atomic mass is 35.5. The average Bonchev–Trinajstić information content (AvgIpc) is 2.29. The smallest absolute Gasteiger partial charge is 0.145 e. The molecule has 0 radical (unpaired) electrons.